The van der Waals surface area contributed by atoms with E-state index in [4.69, 9.17) is 0 Å². The second kappa shape index (κ2) is 6.67. The number of aryl methyl sites for hydroxylation is 1. The summed E-state index contributed by atoms with van der Waals surface area (Å²) in [5, 5.41) is 0.821. The summed E-state index contributed by atoms with van der Waals surface area (Å²) in [6.07, 6.45) is 0.694. The summed E-state index contributed by atoms with van der Waals surface area (Å²) in [6.45, 7) is 2.07. The molecule has 2 rings (SSSR count). The van der Waals surface area contributed by atoms with Crippen LogP contribution in [0.2, 0.25) is 0 Å². The van der Waals surface area contributed by atoms with Crippen molar-refractivity contribution >= 4 is 31.9 Å². The molecule has 1 unspecified atom stereocenters. The Bertz CT molecular complexity index is 549. The van der Waals surface area contributed by atoms with Gasteiger partial charge in [-0.1, -0.05) is 61.7 Å². The van der Waals surface area contributed by atoms with Gasteiger partial charge in [0, 0.05) is 9.80 Å². The van der Waals surface area contributed by atoms with Crippen molar-refractivity contribution in [1.29, 1.82) is 0 Å². The summed E-state index contributed by atoms with van der Waals surface area (Å²) in [6, 6.07) is 13.5. The fraction of sp³-hybridized carbons (Fsp3) is 0.250. The van der Waals surface area contributed by atoms with Gasteiger partial charge >= 0.3 is 0 Å². The summed E-state index contributed by atoms with van der Waals surface area (Å²) in [7, 11) is 0. The van der Waals surface area contributed by atoms with Crippen LogP contribution in [0.15, 0.2) is 46.9 Å². The van der Waals surface area contributed by atoms with E-state index in [0.29, 0.717) is 6.42 Å². The van der Waals surface area contributed by atoms with Gasteiger partial charge in [-0.3, -0.25) is 0 Å². The van der Waals surface area contributed by atoms with Crippen LogP contribution >= 0.6 is 31.9 Å². The Morgan fingerprint density at radius 2 is 1.79 bits per heavy atom. The number of halogens is 3. The molecule has 100 valence electrons. The lowest BCUT2D eigenvalue weighted by molar-refractivity contribution is 0.599. The van der Waals surface area contributed by atoms with Gasteiger partial charge in [0.05, 0.1) is 0 Å². The maximum Gasteiger partial charge on any atom is 0.126 e. The maximum absolute atomic E-state index is 13.8. The summed E-state index contributed by atoms with van der Waals surface area (Å²) in [5.41, 5.74) is 3.23. The highest BCUT2D eigenvalue weighted by Crippen LogP contribution is 2.26. The monoisotopic (exact) mass is 384 g/mol. The third kappa shape index (κ3) is 3.90. The Hall–Kier alpha value is -0.670. The highest BCUT2D eigenvalue weighted by molar-refractivity contribution is 9.10. The molecule has 2 aromatic carbocycles. The molecule has 0 bridgehead atoms. The second-order valence-electron chi connectivity index (χ2n) is 4.70. The van der Waals surface area contributed by atoms with Gasteiger partial charge in [0.2, 0.25) is 0 Å². The molecule has 0 heterocycles. The number of rotatable bonds is 4. The molecule has 0 saturated carbocycles. The minimum absolute atomic E-state index is 0.138. The molecule has 0 fully saturated rings. The minimum atomic E-state index is -0.138. The molecule has 1 atom stereocenters. The number of benzene rings is 2. The van der Waals surface area contributed by atoms with Gasteiger partial charge < -0.3 is 0 Å². The first-order valence-electron chi connectivity index (χ1n) is 6.16. The van der Waals surface area contributed by atoms with Gasteiger partial charge in [-0.05, 0) is 48.6 Å². The molecule has 2 aromatic rings. The first-order chi connectivity index (χ1) is 9.10. The maximum atomic E-state index is 13.8. The standard InChI is InChI=1S/C16H15Br2F/c1-11-2-4-12(5-3-11)14(10-17)8-13-9-15(18)6-7-16(13)19/h2-7,9,14H,8,10H2,1H3. The van der Waals surface area contributed by atoms with Gasteiger partial charge in [0.1, 0.15) is 5.82 Å². The van der Waals surface area contributed by atoms with E-state index in [-0.39, 0.29) is 11.7 Å². The Morgan fingerprint density at radius 3 is 2.42 bits per heavy atom. The number of hydrogen-bond acceptors (Lipinski definition) is 0. The van der Waals surface area contributed by atoms with E-state index < -0.39 is 0 Å². The quantitative estimate of drug-likeness (QED) is 0.599. The van der Waals surface area contributed by atoms with Crippen molar-refractivity contribution in [2.24, 2.45) is 0 Å². The zero-order valence-electron chi connectivity index (χ0n) is 10.7. The number of alkyl halides is 1. The van der Waals surface area contributed by atoms with Crippen molar-refractivity contribution in [1.82, 2.24) is 0 Å². The highest BCUT2D eigenvalue weighted by atomic mass is 79.9. The first-order valence-corrected chi connectivity index (χ1v) is 8.08. The average Bonchev–Trinajstić information content (AvgIpc) is 2.41. The molecule has 0 spiro atoms. The van der Waals surface area contributed by atoms with Crippen molar-refractivity contribution in [3.63, 3.8) is 0 Å². The van der Waals surface area contributed by atoms with E-state index in [1.54, 1.807) is 6.07 Å². The van der Waals surface area contributed by atoms with Crippen LogP contribution in [-0.4, -0.2) is 5.33 Å². The molecule has 0 radical (unpaired) electrons. The first kappa shape index (κ1) is 14.7. The van der Waals surface area contributed by atoms with Crippen LogP contribution in [-0.2, 0) is 6.42 Å². The zero-order chi connectivity index (χ0) is 13.8. The Kier molecular flexibility index (Phi) is 5.17. The van der Waals surface area contributed by atoms with Crippen molar-refractivity contribution in [3.05, 3.63) is 69.4 Å². The van der Waals surface area contributed by atoms with E-state index in [1.807, 2.05) is 6.07 Å². The van der Waals surface area contributed by atoms with Gasteiger partial charge in [0.25, 0.3) is 0 Å². The lowest BCUT2D eigenvalue weighted by Crippen LogP contribution is -2.06. The van der Waals surface area contributed by atoms with Crippen LogP contribution in [0.1, 0.15) is 22.6 Å². The summed E-state index contributed by atoms with van der Waals surface area (Å²) in [5.74, 6) is 0.144. The van der Waals surface area contributed by atoms with E-state index >= 15 is 0 Å². The fourth-order valence-corrected chi connectivity index (χ4v) is 3.08. The van der Waals surface area contributed by atoms with E-state index in [2.05, 4.69) is 63.0 Å². The molecule has 0 saturated heterocycles. The third-order valence-corrected chi connectivity index (χ3v) is 4.48. The van der Waals surface area contributed by atoms with Gasteiger partial charge in [-0.15, -0.1) is 0 Å². The van der Waals surface area contributed by atoms with E-state index in [0.717, 1.165) is 15.4 Å². The average molecular weight is 386 g/mol. The Morgan fingerprint density at radius 1 is 1.11 bits per heavy atom. The second-order valence-corrected chi connectivity index (χ2v) is 6.26. The molecule has 0 aromatic heterocycles. The third-order valence-electron chi connectivity index (χ3n) is 3.21. The molecule has 0 aliphatic carbocycles. The molecule has 0 nitrogen and oxygen atoms in total. The predicted octanol–water partition coefficient (Wildman–Crippen LogP) is 5.62. The van der Waals surface area contributed by atoms with Gasteiger partial charge in [-0.2, -0.15) is 0 Å². The molecule has 0 aliphatic rings. The van der Waals surface area contributed by atoms with Crippen molar-refractivity contribution in [2.75, 3.05) is 5.33 Å². The highest BCUT2D eigenvalue weighted by Gasteiger charge is 2.14. The fourth-order valence-electron chi connectivity index (χ4n) is 2.07. The number of hydrogen-bond donors (Lipinski definition) is 0. The van der Waals surface area contributed by atoms with Crippen LogP contribution in [0, 0.1) is 12.7 Å². The predicted molar refractivity (Wildman–Crippen MR) is 85.5 cm³/mol. The lowest BCUT2D eigenvalue weighted by Gasteiger charge is -2.15. The molecule has 19 heavy (non-hydrogen) atoms. The van der Waals surface area contributed by atoms with Gasteiger partial charge in [0.15, 0.2) is 0 Å². The zero-order valence-corrected chi connectivity index (χ0v) is 13.8. The van der Waals surface area contributed by atoms with Crippen molar-refractivity contribution < 1.29 is 4.39 Å². The molecular weight excluding hydrogens is 371 g/mol. The van der Waals surface area contributed by atoms with Crippen LogP contribution in [0.25, 0.3) is 0 Å². The van der Waals surface area contributed by atoms with Crippen LogP contribution < -0.4 is 0 Å². The molecule has 0 amide bonds. The SMILES string of the molecule is Cc1ccc(C(CBr)Cc2cc(Br)ccc2F)cc1. The van der Waals surface area contributed by atoms with Gasteiger partial charge in [-0.25, -0.2) is 4.39 Å². The molecule has 3 heteroatoms. The smallest absolute Gasteiger partial charge is 0.126 e. The van der Waals surface area contributed by atoms with Crippen LogP contribution in [0.4, 0.5) is 4.39 Å². The molecule has 0 aliphatic heterocycles. The summed E-state index contributed by atoms with van der Waals surface area (Å²) >= 11 is 6.93. The molecular formula is C16H15Br2F. The van der Waals surface area contributed by atoms with Crippen molar-refractivity contribution in [3.8, 4) is 0 Å². The topological polar surface area (TPSA) is 0 Å². The van der Waals surface area contributed by atoms with Crippen LogP contribution in [0.3, 0.4) is 0 Å². The molecule has 0 N–H and O–H groups in total. The van der Waals surface area contributed by atoms with E-state index in [1.165, 1.54) is 17.2 Å². The Balaban J connectivity index is 2.23. The van der Waals surface area contributed by atoms with Crippen LogP contribution in [0.5, 0.6) is 0 Å². The lowest BCUT2D eigenvalue weighted by atomic mass is 9.93. The largest absolute Gasteiger partial charge is 0.207 e. The van der Waals surface area contributed by atoms with Crippen molar-refractivity contribution in [2.45, 2.75) is 19.3 Å². The van der Waals surface area contributed by atoms with E-state index in [9.17, 15) is 4.39 Å². The normalized spacial score (nSPS) is 12.4. The summed E-state index contributed by atoms with van der Waals surface area (Å²) < 4.78 is 14.7. The minimum Gasteiger partial charge on any atom is -0.207 e. The summed E-state index contributed by atoms with van der Waals surface area (Å²) in [4.78, 5) is 0. The Labute approximate surface area is 130 Å².